The van der Waals surface area contributed by atoms with Crippen molar-refractivity contribution in [1.82, 2.24) is 0 Å². The van der Waals surface area contributed by atoms with Crippen LogP contribution in [0.2, 0.25) is 0 Å². The van der Waals surface area contributed by atoms with E-state index in [1.165, 1.54) is 0 Å². The van der Waals surface area contributed by atoms with E-state index in [0.717, 1.165) is 16.9 Å². The van der Waals surface area contributed by atoms with Crippen LogP contribution in [0.5, 0.6) is 0 Å². The van der Waals surface area contributed by atoms with Crippen LogP contribution < -0.4 is 0 Å². The van der Waals surface area contributed by atoms with Crippen molar-refractivity contribution in [2.45, 2.75) is 13.8 Å². The van der Waals surface area contributed by atoms with Crippen LogP contribution in [0.25, 0.3) is 0 Å². The number of ether oxygens (including phenoxy) is 1. The van der Waals surface area contributed by atoms with Crippen LogP contribution in [0.4, 0.5) is 0 Å². The van der Waals surface area contributed by atoms with Crippen molar-refractivity contribution in [3.8, 4) is 0 Å². The van der Waals surface area contributed by atoms with E-state index in [4.69, 9.17) is 4.74 Å². The van der Waals surface area contributed by atoms with Gasteiger partial charge in [-0.25, -0.2) is 0 Å². The summed E-state index contributed by atoms with van der Waals surface area (Å²) in [5.74, 6) is 0.792. The van der Waals surface area contributed by atoms with Gasteiger partial charge >= 0.3 is 0 Å². The fourth-order valence-corrected chi connectivity index (χ4v) is 0.908. The molecule has 0 aromatic heterocycles. The topological polar surface area (TPSA) is 9.23 Å². The molecule has 0 bridgehead atoms. The van der Waals surface area contributed by atoms with Gasteiger partial charge in [0.2, 0.25) is 0 Å². The predicted molar refractivity (Wildman–Crippen MR) is 53.9 cm³/mol. The third-order valence-electron chi connectivity index (χ3n) is 1.44. The summed E-state index contributed by atoms with van der Waals surface area (Å²) in [6, 6.07) is 0. The van der Waals surface area contributed by atoms with E-state index in [-0.39, 0.29) is 0 Å². The van der Waals surface area contributed by atoms with Gasteiger partial charge in [0.05, 0.1) is 0 Å². The maximum Gasteiger partial charge on any atom is 0.126 e. The summed E-state index contributed by atoms with van der Waals surface area (Å²) in [5.41, 5.74) is 1.96. The molecule has 1 heteroatoms. The molecule has 0 saturated carbocycles. The summed E-state index contributed by atoms with van der Waals surface area (Å²) < 4.78 is 5.21. The summed E-state index contributed by atoms with van der Waals surface area (Å²) in [5, 5.41) is 0. The lowest BCUT2D eigenvalue weighted by Gasteiger charge is -1.92. The SMILES string of the molecule is C=CC1=C(C=C)C(=C)CO1.CC. The molecule has 0 aromatic rings. The van der Waals surface area contributed by atoms with Crippen molar-refractivity contribution in [3.63, 3.8) is 0 Å². The van der Waals surface area contributed by atoms with Gasteiger partial charge in [0.15, 0.2) is 0 Å². The summed E-state index contributed by atoms with van der Waals surface area (Å²) in [6.07, 6.45) is 3.42. The molecule has 12 heavy (non-hydrogen) atoms. The van der Waals surface area contributed by atoms with Gasteiger partial charge in [-0.15, -0.1) is 0 Å². The molecule has 0 N–H and O–H groups in total. The molecule has 0 unspecified atom stereocenters. The van der Waals surface area contributed by atoms with Crippen molar-refractivity contribution in [1.29, 1.82) is 0 Å². The average molecular weight is 164 g/mol. The molecular formula is C11H16O. The Bertz CT molecular complexity index is 221. The van der Waals surface area contributed by atoms with E-state index < -0.39 is 0 Å². The minimum Gasteiger partial charge on any atom is -0.488 e. The van der Waals surface area contributed by atoms with Crippen LogP contribution in [0.3, 0.4) is 0 Å². The van der Waals surface area contributed by atoms with Gasteiger partial charge in [0, 0.05) is 5.57 Å². The number of allylic oxidation sites excluding steroid dienone is 2. The summed E-state index contributed by atoms with van der Waals surface area (Å²) >= 11 is 0. The quantitative estimate of drug-likeness (QED) is 0.609. The monoisotopic (exact) mass is 164 g/mol. The summed E-state index contributed by atoms with van der Waals surface area (Å²) in [4.78, 5) is 0. The maximum absolute atomic E-state index is 5.21. The summed E-state index contributed by atoms with van der Waals surface area (Å²) in [6.45, 7) is 15.6. The van der Waals surface area contributed by atoms with Gasteiger partial charge in [-0.1, -0.05) is 39.7 Å². The Morgan fingerprint density at radius 1 is 1.25 bits per heavy atom. The van der Waals surface area contributed by atoms with Crippen LogP contribution in [0.1, 0.15) is 13.8 Å². The third kappa shape index (κ3) is 2.12. The van der Waals surface area contributed by atoms with Crippen molar-refractivity contribution >= 4 is 0 Å². The van der Waals surface area contributed by atoms with Crippen molar-refractivity contribution in [2.24, 2.45) is 0 Å². The largest absolute Gasteiger partial charge is 0.488 e. The van der Waals surface area contributed by atoms with E-state index in [9.17, 15) is 0 Å². The molecule has 0 saturated heterocycles. The Morgan fingerprint density at radius 3 is 2.17 bits per heavy atom. The second kappa shape index (κ2) is 5.42. The van der Waals surface area contributed by atoms with Crippen LogP contribution in [0, 0.1) is 0 Å². The van der Waals surface area contributed by atoms with E-state index in [1.807, 2.05) is 13.8 Å². The highest BCUT2D eigenvalue weighted by Crippen LogP contribution is 2.24. The smallest absolute Gasteiger partial charge is 0.126 e. The van der Waals surface area contributed by atoms with Gasteiger partial charge in [-0.05, 0) is 11.6 Å². The molecule has 0 aliphatic carbocycles. The molecule has 1 aliphatic rings. The number of hydrogen-bond donors (Lipinski definition) is 0. The summed E-state index contributed by atoms with van der Waals surface area (Å²) in [7, 11) is 0. The molecule has 0 radical (unpaired) electrons. The van der Waals surface area contributed by atoms with Crippen molar-refractivity contribution < 1.29 is 4.74 Å². The Labute approximate surface area is 74.7 Å². The first-order valence-electron chi connectivity index (χ1n) is 4.09. The van der Waals surface area contributed by atoms with Gasteiger partial charge < -0.3 is 4.74 Å². The fourth-order valence-electron chi connectivity index (χ4n) is 0.908. The molecule has 0 fully saturated rings. The molecule has 1 nitrogen and oxygen atoms in total. The van der Waals surface area contributed by atoms with Crippen LogP contribution in [-0.2, 0) is 4.74 Å². The first-order valence-corrected chi connectivity index (χ1v) is 4.09. The lowest BCUT2D eigenvalue weighted by atomic mass is 10.1. The minimum absolute atomic E-state index is 0.572. The lowest BCUT2D eigenvalue weighted by molar-refractivity contribution is 0.275. The lowest BCUT2D eigenvalue weighted by Crippen LogP contribution is -1.81. The van der Waals surface area contributed by atoms with Crippen molar-refractivity contribution in [2.75, 3.05) is 6.61 Å². The molecule has 0 spiro atoms. The van der Waals surface area contributed by atoms with Gasteiger partial charge in [-0.3, -0.25) is 0 Å². The van der Waals surface area contributed by atoms with Crippen LogP contribution in [-0.4, -0.2) is 6.61 Å². The highest BCUT2D eigenvalue weighted by Gasteiger charge is 2.13. The maximum atomic E-state index is 5.21. The molecule has 0 amide bonds. The number of hydrogen-bond acceptors (Lipinski definition) is 1. The standard InChI is InChI=1S/C9H10O.C2H6/c1-4-8-7(3)6-10-9(8)5-2;1-2/h4-5H,1-3,6H2;1-2H3. The Hall–Kier alpha value is -1.24. The van der Waals surface area contributed by atoms with Gasteiger partial charge in [0.1, 0.15) is 12.4 Å². The third-order valence-corrected chi connectivity index (χ3v) is 1.44. The highest BCUT2D eigenvalue weighted by atomic mass is 16.5. The zero-order valence-electron chi connectivity index (χ0n) is 7.89. The molecule has 1 heterocycles. The van der Waals surface area contributed by atoms with Crippen LogP contribution >= 0.6 is 0 Å². The van der Waals surface area contributed by atoms with Crippen LogP contribution in [0.15, 0.2) is 48.8 Å². The second-order valence-electron chi connectivity index (χ2n) is 2.08. The van der Waals surface area contributed by atoms with E-state index in [1.54, 1.807) is 12.2 Å². The fraction of sp³-hybridized carbons (Fsp3) is 0.273. The zero-order valence-corrected chi connectivity index (χ0v) is 7.89. The normalized spacial score (nSPS) is 14.7. The molecule has 0 atom stereocenters. The van der Waals surface area contributed by atoms with Gasteiger partial charge in [-0.2, -0.15) is 0 Å². The van der Waals surface area contributed by atoms with E-state index >= 15 is 0 Å². The van der Waals surface area contributed by atoms with E-state index in [2.05, 4.69) is 19.7 Å². The molecular weight excluding hydrogens is 148 g/mol. The van der Waals surface area contributed by atoms with Crippen molar-refractivity contribution in [3.05, 3.63) is 48.8 Å². The zero-order chi connectivity index (χ0) is 9.56. The first-order chi connectivity index (χ1) is 5.79. The molecule has 1 rings (SSSR count). The number of rotatable bonds is 2. The van der Waals surface area contributed by atoms with E-state index in [0.29, 0.717) is 6.61 Å². The Balaban J connectivity index is 0.000000561. The average Bonchev–Trinajstić information content (AvgIpc) is 2.49. The predicted octanol–water partition coefficient (Wildman–Crippen LogP) is 3.23. The second-order valence-corrected chi connectivity index (χ2v) is 2.08. The Morgan fingerprint density at radius 2 is 1.83 bits per heavy atom. The molecule has 66 valence electrons. The Kier molecular flexibility index (Phi) is 4.86. The highest BCUT2D eigenvalue weighted by molar-refractivity contribution is 5.46. The minimum atomic E-state index is 0.572. The van der Waals surface area contributed by atoms with Gasteiger partial charge in [0.25, 0.3) is 0 Å². The first kappa shape index (κ1) is 10.8. The molecule has 1 aliphatic heterocycles. The molecule has 0 aromatic carbocycles.